The fourth-order valence-electron chi connectivity index (χ4n) is 1.40. The summed E-state index contributed by atoms with van der Waals surface area (Å²) >= 11 is 7.17. The highest BCUT2D eigenvalue weighted by atomic mass is 35.5. The highest BCUT2D eigenvalue weighted by Crippen LogP contribution is 2.30. The summed E-state index contributed by atoms with van der Waals surface area (Å²) in [6.07, 6.45) is 1.61. The molecule has 2 aromatic rings. The number of hydrogen-bond donors (Lipinski definition) is 1. The van der Waals surface area contributed by atoms with E-state index < -0.39 is 5.97 Å². The number of benzene rings is 1. The topological polar surface area (TPSA) is 59.4 Å². The molecule has 0 amide bonds. The average Bonchev–Trinajstić information content (AvgIpc) is 2.41. The monoisotopic (exact) mass is 295 g/mol. The molecule has 0 saturated heterocycles. The molecule has 0 spiro atoms. The van der Waals surface area contributed by atoms with Crippen LogP contribution in [0.2, 0.25) is 5.02 Å². The normalized spacial score (nSPS) is 10.2. The third-order valence-electron chi connectivity index (χ3n) is 2.34. The highest BCUT2D eigenvalue weighted by molar-refractivity contribution is 7.99. The number of methoxy groups -OCH3 is 1. The number of rotatable bonds is 4. The first kappa shape index (κ1) is 13.7. The number of aromatic nitrogens is 1. The van der Waals surface area contributed by atoms with Crippen molar-refractivity contribution in [1.82, 2.24) is 4.98 Å². The molecule has 0 bridgehead atoms. The number of carbonyl (C=O) groups is 1. The van der Waals surface area contributed by atoms with Gasteiger partial charge in [0.25, 0.3) is 0 Å². The van der Waals surface area contributed by atoms with Crippen molar-refractivity contribution < 1.29 is 14.6 Å². The van der Waals surface area contributed by atoms with E-state index in [-0.39, 0.29) is 10.6 Å². The van der Waals surface area contributed by atoms with Gasteiger partial charge in [-0.3, -0.25) is 0 Å². The lowest BCUT2D eigenvalue weighted by atomic mass is 10.2. The first-order chi connectivity index (χ1) is 9.10. The predicted molar refractivity (Wildman–Crippen MR) is 73.3 cm³/mol. The van der Waals surface area contributed by atoms with Crippen LogP contribution in [-0.2, 0) is 0 Å². The second-order valence-electron chi connectivity index (χ2n) is 3.59. The van der Waals surface area contributed by atoms with Crippen LogP contribution in [0, 0.1) is 0 Å². The summed E-state index contributed by atoms with van der Waals surface area (Å²) in [5.74, 6) is -0.373. The van der Waals surface area contributed by atoms with Gasteiger partial charge in [-0.25, -0.2) is 9.78 Å². The van der Waals surface area contributed by atoms with Gasteiger partial charge in [0.1, 0.15) is 10.8 Å². The molecule has 0 fully saturated rings. The van der Waals surface area contributed by atoms with Crippen LogP contribution in [0.4, 0.5) is 0 Å². The third kappa shape index (κ3) is 3.39. The number of pyridine rings is 1. The molecule has 2 rings (SSSR count). The highest BCUT2D eigenvalue weighted by Gasteiger charge is 2.10. The first-order valence-electron chi connectivity index (χ1n) is 5.31. The van der Waals surface area contributed by atoms with Crippen molar-refractivity contribution in [1.29, 1.82) is 0 Å². The summed E-state index contributed by atoms with van der Waals surface area (Å²) < 4.78 is 5.02. The van der Waals surface area contributed by atoms with Crippen molar-refractivity contribution in [3.05, 3.63) is 47.1 Å². The Hall–Kier alpha value is -1.72. The minimum atomic E-state index is -1.05. The molecule has 1 heterocycles. The smallest absolute Gasteiger partial charge is 0.337 e. The Morgan fingerprint density at radius 3 is 2.74 bits per heavy atom. The van der Waals surface area contributed by atoms with Crippen LogP contribution in [0.5, 0.6) is 5.75 Å². The van der Waals surface area contributed by atoms with Gasteiger partial charge in [0.15, 0.2) is 0 Å². The summed E-state index contributed by atoms with van der Waals surface area (Å²) in [4.78, 5) is 15.9. The van der Waals surface area contributed by atoms with E-state index in [4.69, 9.17) is 21.4 Å². The number of aromatic carboxylic acids is 1. The van der Waals surface area contributed by atoms with Crippen LogP contribution < -0.4 is 4.74 Å². The van der Waals surface area contributed by atoms with E-state index in [1.807, 2.05) is 0 Å². The Morgan fingerprint density at radius 1 is 1.37 bits per heavy atom. The Morgan fingerprint density at radius 2 is 2.16 bits per heavy atom. The summed E-state index contributed by atoms with van der Waals surface area (Å²) in [5.41, 5.74) is 0.0835. The fourth-order valence-corrected chi connectivity index (χ4v) is 2.39. The van der Waals surface area contributed by atoms with Gasteiger partial charge in [0.05, 0.1) is 23.9 Å². The minimum absolute atomic E-state index is 0.0835. The molecule has 1 aromatic heterocycles. The number of carboxylic acid groups (broad SMARTS) is 1. The predicted octanol–water partition coefficient (Wildman–Crippen LogP) is 3.59. The standard InChI is InChI=1S/C13H10ClNO3S/c1-18-8-2-5-12(15-7-8)19-9-3-4-11(14)10(6-9)13(16)17/h2-7H,1H3,(H,16,17). The van der Waals surface area contributed by atoms with E-state index in [1.165, 1.54) is 17.8 Å². The molecule has 19 heavy (non-hydrogen) atoms. The van der Waals surface area contributed by atoms with Crippen LogP contribution >= 0.6 is 23.4 Å². The lowest BCUT2D eigenvalue weighted by Gasteiger charge is -2.04. The van der Waals surface area contributed by atoms with Crippen molar-refractivity contribution in [2.75, 3.05) is 7.11 Å². The van der Waals surface area contributed by atoms with Crippen LogP contribution in [0.25, 0.3) is 0 Å². The lowest BCUT2D eigenvalue weighted by molar-refractivity contribution is 0.0697. The van der Waals surface area contributed by atoms with E-state index in [1.54, 1.807) is 37.6 Å². The van der Waals surface area contributed by atoms with Gasteiger partial charge in [0, 0.05) is 4.90 Å². The van der Waals surface area contributed by atoms with Crippen molar-refractivity contribution in [3.63, 3.8) is 0 Å². The zero-order chi connectivity index (χ0) is 13.8. The quantitative estimate of drug-likeness (QED) is 0.934. The minimum Gasteiger partial charge on any atom is -0.495 e. The molecular formula is C13H10ClNO3S. The molecule has 1 N–H and O–H groups in total. The van der Waals surface area contributed by atoms with E-state index in [0.29, 0.717) is 5.75 Å². The molecule has 1 aromatic carbocycles. The van der Waals surface area contributed by atoms with Gasteiger partial charge in [-0.2, -0.15) is 0 Å². The summed E-state index contributed by atoms with van der Waals surface area (Å²) in [6.45, 7) is 0. The lowest BCUT2D eigenvalue weighted by Crippen LogP contribution is -1.97. The Kier molecular flexibility index (Phi) is 4.29. The van der Waals surface area contributed by atoms with Crippen LogP contribution in [0.3, 0.4) is 0 Å². The molecule has 4 nitrogen and oxygen atoms in total. The van der Waals surface area contributed by atoms with Crippen LogP contribution in [0.15, 0.2) is 46.5 Å². The molecule has 6 heteroatoms. The van der Waals surface area contributed by atoms with E-state index >= 15 is 0 Å². The zero-order valence-corrected chi connectivity index (χ0v) is 11.5. The number of ether oxygens (including phenoxy) is 1. The molecule has 0 aliphatic rings. The van der Waals surface area contributed by atoms with E-state index in [9.17, 15) is 4.79 Å². The van der Waals surface area contributed by atoms with Crippen molar-refractivity contribution in [2.45, 2.75) is 9.92 Å². The number of carboxylic acids is 1. The second kappa shape index (κ2) is 5.95. The Balaban J connectivity index is 2.22. The van der Waals surface area contributed by atoms with Gasteiger partial charge in [-0.1, -0.05) is 23.4 Å². The zero-order valence-electron chi connectivity index (χ0n) is 9.96. The van der Waals surface area contributed by atoms with E-state index in [2.05, 4.69) is 4.98 Å². The van der Waals surface area contributed by atoms with Crippen molar-refractivity contribution in [3.8, 4) is 5.75 Å². The van der Waals surface area contributed by atoms with Crippen molar-refractivity contribution >= 4 is 29.3 Å². The number of halogens is 1. The maximum Gasteiger partial charge on any atom is 0.337 e. The van der Waals surface area contributed by atoms with E-state index in [0.717, 1.165) is 9.92 Å². The fraction of sp³-hybridized carbons (Fsp3) is 0.0769. The average molecular weight is 296 g/mol. The molecular weight excluding hydrogens is 286 g/mol. The SMILES string of the molecule is COc1ccc(Sc2ccc(Cl)c(C(=O)O)c2)nc1. The van der Waals surface area contributed by atoms with Gasteiger partial charge in [0.2, 0.25) is 0 Å². The molecule has 0 aliphatic heterocycles. The summed E-state index contributed by atoms with van der Waals surface area (Å²) in [7, 11) is 1.57. The van der Waals surface area contributed by atoms with Crippen molar-refractivity contribution in [2.24, 2.45) is 0 Å². The molecule has 0 saturated carbocycles. The van der Waals surface area contributed by atoms with Gasteiger partial charge >= 0.3 is 5.97 Å². The van der Waals surface area contributed by atoms with Gasteiger partial charge < -0.3 is 9.84 Å². The molecule has 0 unspecified atom stereocenters. The number of hydrogen-bond acceptors (Lipinski definition) is 4. The number of nitrogens with zero attached hydrogens (tertiary/aromatic N) is 1. The first-order valence-corrected chi connectivity index (χ1v) is 6.50. The Labute approximate surface area is 119 Å². The van der Waals surface area contributed by atoms with Gasteiger partial charge in [-0.15, -0.1) is 0 Å². The summed E-state index contributed by atoms with van der Waals surface area (Å²) in [5, 5.41) is 9.97. The molecule has 0 radical (unpaired) electrons. The van der Waals surface area contributed by atoms with Crippen LogP contribution in [0.1, 0.15) is 10.4 Å². The Bertz CT molecular complexity index is 601. The molecule has 0 aliphatic carbocycles. The largest absolute Gasteiger partial charge is 0.495 e. The van der Waals surface area contributed by atoms with Gasteiger partial charge in [-0.05, 0) is 30.3 Å². The molecule has 0 atom stereocenters. The molecule has 98 valence electrons. The third-order valence-corrected chi connectivity index (χ3v) is 3.61. The van der Waals surface area contributed by atoms with Crippen LogP contribution in [-0.4, -0.2) is 23.2 Å². The summed E-state index contributed by atoms with van der Waals surface area (Å²) in [6, 6.07) is 8.45. The maximum absolute atomic E-state index is 11.0. The maximum atomic E-state index is 11.0. The second-order valence-corrected chi connectivity index (χ2v) is 5.09.